The van der Waals surface area contributed by atoms with Crippen molar-refractivity contribution in [1.82, 2.24) is 5.32 Å². The number of nitro benzene ring substituents is 1. The minimum atomic E-state index is -0.377. The highest BCUT2D eigenvalue weighted by Crippen LogP contribution is 2.31. The van der Waals surface area contributed by atoms with Crippen molar-refractivity contribution in [1.29, 1.82) is 0 Å². The molecule has 0 atom stereocenters. The summed E-state index contributed by atoms with van der Waals surface area (Å²) in [6.07, 6.45) is 8.78. The number of rotatable bonds is 8. The van der Waals surface area contributed by atoms with Crippen LogP contribution in [0.5, 0.6) is 0 Å². The van der Waals surface area contributed by atoms with Crippen molar-refractivity contribution in [2.75, 3.05) is 24.5 Å². The van der Waals surface area contributed by atoms with Crippen molar-refractivity contribution in [3.63, 3.8) is 0 Å². The lowest BCUT2D eigenvalue weighted by molar-refractivity contribution is -0.384. The van der Waals surface area contributed by atoms with E-state index in [9.17, 15) is 14.9 Å². The minimum absolute atomic E-state index is 0.0283. The third-order valence-corrected chi connectivity index (χ3v) is 4.70. The Morgan fingerprint density at radius 2 is 1.88 bits per heavy atom. The van der Waals surface area contributed by atoms with Gasteiger partial charge < -0.3 is 10.2 Å². The van der Waals surface area contributed by atoms with E-state index in [2.05, 4.69) is 17.1 Å². The number of hydrogen-bond donors (Lipinski definition) is 1. The lowest BCUT2D eigenvalue weighted by atomic mass is 10.1. The monoisotopic (exact) mass is 347 g/mol. The molecule has 1 aromatic carbocycles. The van der Waals surface area contributed by atoms with Gasteiger partial charge in [-0.2, -0.15) is 0 Å². The highest BCUT2D eigenvalue weighted by Gasteiger charge is 2.22. The van der Waals surface area contributed by atoms with Crippen molar-refractivity contribution in [2.45, 2.75) is 58.3 Å². The molecule has 1 heterocycles. The van der Waals surface area contributed by atoms with Crippen LogP contribution in [-0.4, -0.2) is 30.5 Å². The molecule has 1 fully saturated rings. The lowest BCUT2D eigenvalue weighted by Crippen LogP contribution is -2.26. The molecule has 25 heavy (non-hydrogen) atoms. The normalized spacial score (nSPS) is 14.8. The zero-order valence-corrected chi connectivity index (χ0v) is 15.1. The Morgan fingerprint density at radius 1 is 1.16 bits per heavy atom. The zero-order valence-electron chi connectivity index (χ0n) is 15.1. The van der Waals surface area contributed by atoms with Gasteiger partial charge in [-0.15, -0.1) is 0 Å². The first-order valence-corrected chi connectivity index (χ1v) is 9.45. The van der Waals surface area contributed by atoms with E-state index in [1.54, 1.807) is 12.1 Å². The first-order chi connectivity index (χ1) is 12.1. The van der Waals surface area contributed by atoms with Crippen LogP contribution < -0.4 is 10.2 Å². The van der Waals surface area contributed by atoms with Crippen LogP contribution in [0.1, 0.15) is 68.6 Å². The molecule has 138 valence electrons. The van der Waals surface area contributed by atoms with E-state index in [0.29, 0.717) is 17.8 Å². The van der Waals surface area contributed by atoms with E-state index in [1.807, 2.05) is 0 Å². The summed E-state index contributed by atoms with van der Waals surface area (Å²) < 4.78 is 0. The summed E-state index contributed by atoms with van der Waals surface area (Å²) >= 11 is 0. The highest BCUT2D eigenvalue weighted by molar-refractivity contribution is 5.95. The van der Waals surface area contributed by atoms with Gasteiger partial charge in [0.05, 0.1) is 4.92 Å². The summed E-state index contributed by atoms with van der Waals surface area (Å²) in [7, 11) is 0. The first kappa shape index (κ1) is 19.2. The number of carbonyl (C=O) groups is 1. The number of nitrogens with one attached hydrogen (secondary N) is 1. The highest BCUT2D eigenvalue weighted by atomic mass is 16.6. The maximum Gasteiger partial charge on any atom is 0.293 e. The lowest BCUT2D eigenvalue weighted by Gasteiger charge is -2.22. The molecule has 1 N–H and O–H groups in total. The van der Waals surface area contributed by atoms with E-state index in [4.69, 9.17) is 0 Å². The van der Waals surface area contributed by atoms with Crippen LogP contribution in [-0.2, 0) is 0 Å². The van der Waals surface area contributed by atoms with E-state index in [1.165, 1.54) is 18.9 Å². The molecular weight excluding hydrogens is 318 g/mol. The third-order valence-electron chi connectivity index (χ3n) is 4.70. The van der Waals surface area contributed by atoms with Gasteiger partial charge in [0, 0.05) is 31.3 Å². The van der Waals surface area contributed by atoms with E-state index in [0.717, 1.165) is 51.6 Å². The van der Waals surface area contributed by atoms with Gasteiger partial charge >= 0.3 is 0 Å². The quantitative estimate of drug-likeness (QED) is 0.432. The molecular formula is C19H29N3O3. The largest absolute Gasteiger partial charge is 0.366 e. The van der Waals surface area contributed by atoms with Gasteiger partial charge in [0.1, 0.15) is 5.69 Å². The predicted octanol–water partition coefficient (Wildman–Crippen LogP) is 4.29. The predicted molar refractivity (Wildman–Crippen MR) is 100 cm³/mol. The Morgan fingerprint density at radius 3 is 2.52 bits per heavy atom. The minimum Gasteiger partial charge on any atom is -0.366 e. The molecule has 6 nitrogen and oxygen atoms in total. The maximum atomic E-state index is 12.2. The number of unbranched alkanes of at least 4 members (excludes halogenated alkanes) is 3. The van der Waals surface area contributed by atoms with E-state index >= 15 is 0 Å². The van der Waals surface area contributed by atoms with Gasteiger partial charge in [0.15, 0.2) is 0 Å². The molecule has 0 aromatic heterocycles. The second-order valence-corrected chi connectivity index (χ2v) is 6.68. The number of amides is 1. The molecule has 0 spiro atoms. The Bertz CT molecular complexity index is 581. The Balaban J connectivity index is 2.06. The van der Waals surface area contributed by atoms with Gasteiger partial charge in [-0.05, 0) is 31.4 Å². The average Bonchev–Trinajstić information content (AvgIpc) is 2.90. The summed E-state index contributed by atoms with van der Waals surface area (Å²) in [6, 6.07) is 4.85. The second-order valence-electron chi connectivity index (χ2n) is 6.68. The van der Waals surface area contributed by atoms with Crippen LogP contribution in [0.15, 0.2) is 18.2 Å². The van der Waals surface area contributed by atoms with Crippen LogP contribution in [0.25, 0.3) is 0 Å². The summed E-state index contributed by atoms with van der Waals surface area (Å²) in [5, 5.41) is 14.4. The van der Waals surface area contributed by atoms with Crippen LogP contribution >= 0.6 is 0 Å². The summed E-state index contributed by atoms with van der Waals surface area (Å²) in [5.41, 5.74) is 1.02. The van der Waals surface area contributed by atoms with Gasteiger partial charge in [0.25, 0.3) is 11.6 Å². The molecule has 0 bridgehead atoms. The second kappa shape index (κ2) is 10.0. The molecule has 0 aliphatic carbocycles. The first-order valence-electron chi connectivity index (χ1n) is 9.45. The number of benzene rings is 1. The number of nitro groups is 1. The molecule has 0 saturated carbocycles. The Kier molecular flexibility index (Phi) is 7.70. The van der Waals surface area contributed by atoms with Gasteiger partial charge in [-0.3, -0.25) is 14.9 Å². The third kappa shape index (κ3) is 5.73. The maximum absolute atomic E-state index is 12.2. The standard InChI is InChI=1S/C19H29N3O3/c1-2-3-4-7-12-20-19(23)16-10-11-17(18(15-16)22(24)25)21-13-8-5-6-9-14-21/h10-11,15H,2-9,12-14H2,1H3,(H,20,23). The van der Waals surface area contributed by atoms with Crippen molar-refractivity contribution in [2.24, 2.45) is 0 Å². The fourth-order valence-electron chi connectivity index (χ4n) is 3.25. The molecule has 6 heteroatoms. The summed E-state index contributed by atoms with van der Waals surface area (Å²) in [6.45, 7) is 4.43. The van der Waals surface area contributed by atoms with Crippen LogP contribution in [0.2, 0.25) is 0 Å². The SMILES string of the molecule is CCCCCCNC(=O)c1ccc(N2CCCCCC2)c([N+](=O)[O-])c1. The molecule has 1 amide bonds. The van der Waals surface area contributed by atoms with E-state index < -0.39 is 0 Å². The summed E-state index contributed by atoms with van der Waals surface area (Å²) in [4.78, 5) is 25.5. The number of anilines is 1. The average molecular weight is 347 g/mol. The smallest absolute Gasteiger partial charge is 0.293 e. The van der Waals surface area contributed by atoms with Crippen molar-refractivity contribution in [3.8, 4) is 0 Å². The molecule has 1 aliphatic heterocycles. The molecule has 1 aliphatic rings. The van der Waals surface area contributed by atoms with Gasteiger partial charge in [-0.25, -0.2) is 0 Å². The van der Waals surface area contributed by atoms with Crippen molar-refractivity contribution in [3.05, 3.63) is 33.9 Å². The summed E-state index contributed by atoms with van der Waals surface area (Å²) in [5.74, 6) is -0.234. The fraction of sp³-hybridized carbons (Fsp3) is 0.632. The van der Waals surface area contributed by atoms with Gasteiger partial charge in [0.2, 0.25) is 0 Å². The Labute approximate surface area is 149 Å². The van der Waals surface area contributed by atoms with Crippen molar-refractivity contribution >= 4 is 17.3 Å². The topological polar surface area (TPSA) is 75.5 Å². The number of carbonyl (C=O) groups excluding carboxylic acids is 1. The van der Waals surface area contributed by atoms with Crippen LogP contribution in [0, 0.1) is 10.1 Å². The molecule has 2 rings (SSSR count). The van der Waals surface area contributed by atoms with Crippen LogP contribution in [0.4, 0.5) is 11.4 Å². The van der Waals surface area contributed by atoms with Crippen LogP contribution in [0.3, 0.4) is 0 Å². The van der Waals surface area contributed by atoms with Gasteiger partial charge in [-0.1, -0.05) is 39.0 Å². The Hall–Kier alpha value is -2.11. The molecule has 0 unspecified atom stereocenters. The van der Waals surface area contributed by atoms with E-state index in [-0.39, 0.29) is 16.5 Å². The number of nitrogens with zero attached hydrogens (tertiary/aromatic N) is 2. The van der Waals surface area contributed by atoms with Crippen molar-refractivity contribution < 1.29 is 9.72 Å². The molecule has 1 saturated heterocycles. The molecule has 0 radical (unpaired) electrons. The molecule has 1 aromatic rings. The zero-order chi connectivity index (χ0) is 18.1. The number of hydrogen-bond acceptors (Lipinski definition) is 4. The fourth-order valence-corrected chi connectivity index (χ4v) is 3.25.